The predicted octanol–water partition coefficient (Wildman–Crippen LogP) is 3.19. The molecule has 0 radical (unpaired) electrons. The van der Waals surface area contributed by atoms with Crippen molar-refractivity contribution < 1.29 is 14.6 Å². The van der Waals surface area contributed by atoms with Crippen LogP contribution in [0.3, 0.4) is 0 Å². The summed E-state index contributed by atoms with van der Waals surface area (Å²) < 4.78 is 15.2. The normalized spacial score (nSPS) is 41.1. The Labute approximate surface area is 144 Å². The maximum atomic E-state index is 14.5. The van der Waals surface area contributed by atoms with Gasteiger partial charge in [-0.3, -0.25) is 0 Å². The van der Waals surface area contributed by atoms with Gasteiger partial charge in [0.25, 0.3) is 0 Å². The predicted molar refractivity (Wildman–Crippen MR) is 89.4 cm³/mol. The second-order valence-electron chi connectivity index (χ2n) is 7.95. The molecule has 4 aliphatic rings. The van der Waals surface area contributed by atoms with E-state index in [9.17, 15) is 14.6 Å². The minimum atomic E-state index is -1.23. The van der Waals surface area contributed by atoms with Crippen molar-refractivity contribution in [1.82, 2.24) is 4.90 Å². The zero-order valence-electron chi connectivity index (χ0n) is 13.5. The maximum Gasteiger partial charge on any atom is 0.129 e. The Bertz CT molecular complexity index is 657. The fourth-order valence-electron chi connectivity index (χ4n) is 5.22. The van der Waals surface area contributed by atoms with E-state index in [1.165, 1.54) is 6.07 Å². The molecule has 5 rings (SSSR count). The highest BCUT2D eigenvalue weighted by atomic mass is 79.9. The number of rotatable bonds is 1. The molecule has 3 saturated heterocycles. The molecule has 0 amide bonds. The van der Waals surface area contributed by atoms with Crippen LogP contribution >= 0.6 is 15.9 Å². The number of benzene rings is 1. The Morgan fingerprint density at radius 3 is 2.48 bits per heavy atom. The van der Waals surface area contributed by atoms with Crippen LogP contribution in [0.4, 0.5) is 4.39 Å². The Kier molecular flexibility index (Phi) is 3.48. The summed E-state index contributed by atoms with van der Waals surface area (Å²) in [4.78, 5) is 2.39. The van der Waals surface area contributed by atoms with Gasteiger partial charge < -0.3 is 15.1 Å². The van der Waals surface area contributed by atoms with Gasteiger partial charge in [-0.1, -0.05) is 29.8 Å². The van der Waals surface area contributed by atoms with Crippen LogP contribution in [0, 0.1) is 23.1 Å². The topological polar surface area (TPSA) is 43.7 Å². The van der Waals surface area contributed by atoms with Gasteiger partial charge >= 0.3 is 0 Å². The summed E-state index contributed by atoms with van der Waals surface area (Å²) in [5.41, 5.74) is -1.23. The molecule has 1 aromatic carbocycles. The monoisotopic (exact) mass is 383 g/mol. The van der Waals surface area contributed by atoms with Crippen molar-refractivity contribution in [1.29, 1.82) is 0 Å². The first kappa shape index (κ1) is 16.0. The van der Waals surface area contributed by atoms with E-state index >= 15 is 0 Å². The van der Waals surface area contributed by atoms with Crippen LogP contribution in [0.25, 0.3) is 0 Å². The van der Waals surface area contributed by atoms with Gasteiger partial charge in [0.1, 0.15) is 11.4 Å². The highest BCUT2D eigenvalue weighted by molar-refractivity contribution is 9.10. The second kappa shape index (κ2) is 5.01. The first-order valence-electron chi connectivity index (χ1n) is 8.39. The van der Waals surface area contributed by atoms with Crippen LogP contribution in [0.5, 0.6) is 0 Å². The van der Waals surface area contributed by atoms with Crippen LogP contribution in [0.15, 0.2) is 16.6 Å². The van der Waals surface area contributed by atoms with Gasteiger partial charge in [-0.05, 0) is 44.0 Å². The Morgan fingerprint density at radius 1 is 1.26 bits per heavy atom. The van der Waals surface area contributed by atoms with Crippen molar-refractivity contribution in [2.45, 2.75) is 38.4 Å². The van der Waals surface area contributed by atoms with Gasteiger partial charge in [-0.2, -0.15) is 0 Å². The quantitative estimate of drug-likeness (QED) is 0.782. The van der Waals surface area contributed by atoms with Crippen molar-refractivity contribution in [3.05, 3.63) is 33.5 Å². The molecule has 0 spiro atoms. The Hall–Kier alpha value is -0.490. The van der Waals surface area contributed by atoms with Gasteiger partial charge in [-0.15, -0.1) is 0 Å². The zero-order valence-corrected chi connectivity index (χ0v) is 15.1. The van der Waals surface area contributed by atoms with Crippen molar-refractivity contribution in [2.75, 3.05) is 19.6 Å². The summed E-state index contributed by atoms with van der Waals surface area (Å²) in [6.45, 7) is 6.71. The highest BCUT2D eigenvalue weighted by Crippen LogP contribution is 2.64. The van der Waals surface area contributed by atoms with Crippen molar-refractivity contribution >= 4 is 15.9 Å². The molecule has 2 bridgehead atoms. The molecule has 3 fully saturated rings. The number of piperidine rings is 3. The van der Waals surface area contributed by atoms with E-state index in [4.69, 9.17) is 0 Å². The summed E-state index contributed by atoms with van der Waals surface area (Å²) >= 11 is 3.50. The van der Waals surface area contributed by atoms with Crippen molar-refractivity contribution in [2.24, 2.45) is 17.3 Å². The molecule has 5 heteroatoms. The van der Waals surface area contributed by atoms with Crippen molar-refractivity contribution in [3.63, 3.8) is 0 Å². The highest BCUT2D eigenvalue weighted by Gasteiger charge is 2.64. The molecule has 2 N–H and O–H groups in total. The summed E-state index contributed by atoms with van der Waals surface area (Å²) in [6, 6.07) is 3.01. The molecule has 126 valence electrons. The third-order valence-corrected chi connectivity index (χ3v) is 7.32. The number of hydrogen-bond donors (Lipinski definition) is 2. The number of hydrogen-bond acceptors (Lipinski definition) is 3. The molecule has 1 aliphatic carbocycles. The van der Waals surface area contributed by atoms with Crippen LogP contribution in [-0.2, 0) is 5.60 Å². The summed E-state index contributed by atoms with van der Waals surface area (Å²) in [5.74, 6) is 0.0209. The van der Waals surface area contributed by atoms with Crippen LogP contribution in [0.2, 0.25) is 0 Å². The lowest BCUT2D eigenvalue weighted by molar-refractivity contribution is -0.184. The van der Waals surface area contributed by atoms with Crippen LogP contribution < -0.4 is 0 Å². The fraction of sp³-hybridized carbons (Fsp3) is 0.667. The van der Waals surface area contributed by atoms with Gasteiger partial charge in [-0.25, -0.2) is 4.39 Å². The lowest BCUT2D eigenvalue weighted by Crippen LogP contribution is -2.58. The van der Waals surface area contributed by atoms with Crippen molar-refractivity contribution in [3.8, 4) is 0 Å². The lowest BCUT2D eigenvalue weighted by atomic mass is 9.60. The third-order valence-electron chi connectivity index (χ3n) is 6.65. The third kappa shape index (κ3) is 1.91. The van der Waals surface area contributed by atoms with Gasteiger partial charge in [0.2, 0.25) is 0 Å². The van der Waals surface area contributed by atoms with E-state index in [0.717, 1.165) is 32.5 Å². The average molecular weight is 384 g/mol. The Balaban J connectivity index is 1.93. The minimum Gasteiger partial charge on any atom is -0.388 e. The second-order valence-corrected chi connectivity index (χ2v) is 8.81. The smallest absolute Gasteiger partial charge is 0.129 e. The first-order valence-corrected chi connectivity index (χ1v) is 9.19. The summed E-state index contributed by atoms with van der Waals surface area (Å²) in [7, 11) is 0. The van der Waals surface area contributed by atoms with E-state index in [0.29, 0.717) is 16.0 Å². The number of halogens is 2. The lowest BCUT2D eigenvalue weighted by Gasteiger charge is -2.54. The first-order chi connectivity index (χ1) is 10.8. The maximum absolute atomic E-state index is 14.5. The average Bonchev–Trinajstić information content (AvgIpc) is 2.72. The molecule has 23 heavy (non-hydrogen) atoms. The van der Waals surface area contributed by atoms with Crippen LogP contribution in [-0.4, -0.2) is 34.7 Å². The molecule has 1 aromatic rings. The molecule has 0 aromatic heterocycles. The number of aliphatic hydroxyl groups excluding tert-OH is 1. The molecule has 3 aliphatic heterocycles. The SMILES string of the molecule is CC1(C)C(O)c2c(F)ccc(Br)c2C1(O)C1CN2CCC1CC2. The molecule has 3 nitrogen and oxygen atoms in total. The van der Waals surface area contributed by atoms with Crippen LogP contribution in [0.1, 0.15) is 43.9 Å². The number of aliphatic hydroxyl groups is 2. The molecule has 3 atom stereocenters. The largest absolute Gasteiger partial charge is 0.388 e. The van der Waals surface area contributed by atoms with E-state index < -0.39 is 22.9 Å². The zero-order chi connectivity index (χ0) is 16.6. The van der Waals surface area contributed by atoms with Gasteiger partial charge in [0, 0.05) is 33.5 Å². The van der Waals surface area contributed by atoms with E-state index in [-0.39, 0.29) is 11.5 Å². The van der Waals surface area contributed by atoms with Gasteiger partial charge in [0.05, 0.1) is 6.10 Å². The summed E-state index contributed by atoms with van der Waals surface area (Å²) in [5, 5.41) is 22.7. The van der Waals surface area contributed by atoms with E-state index in [2.05, 4.69) is 20.8 Å². The number of nitrogens with zero attached hydrogens (tertiary/aromatic N) is 1. The van der Waals surface area contributed by atoms with E-state index in [1.807, 2.05) is 13.8 Å². The minimum absolute atomic E-state index is 0.0222. The molecule has 3 heterocycles. The van der Waals surface area contributed by atoms with Gasteiger partial charge in [0.15, 0.2) is 0 Å². The standard InChI is InChI=1S/C18H23BrFNO2/c1-17(2)16(22)14-13(20)4-3-12(19)15(14)18(17,23)11-9-21-7-5-10(11)6-8-21/h3-4,10-11,16,22-23H,5-9H2,1-2H3. The molecular weight excluding hydrogens is 361 g/mol. The Morgan fingerprint density at radius 2 is 1.91 bits per heavy atom. The summed E-state index contributed by atoms with van der Waals surface area (Å²) in [6.07, 6.45) is 1.14. The van der Waals surface area contributed by atoms with E-state index in [1.54, 1.807) is 6.07 Å². The molecule has 3 unspecified atom stereocenters. The fourth-order valence-corrected chi connectivity index (χ4v) is 5.86. The molecular formula is C18H23BrFNO2. The molecule has 0 saturated carbocycles. The number of fused-ring (bicyclic) bond motifs is 4.